The predicted octanol–water partition coefficient (Wildman–Crippen LogP) is 0.500. The minimum atomic E-state index is -5.08. The third-order valence-electron chi connectivity index (χ3n) is 4.62. The molecule has 2 aliphatic heterocycles. The molecule has 0 radical (unpaired) electrons. The number of nitrogens with zero attached hydrogens (tertiary/aromatic N) is 1. The van der Waals surface area contributed by atoms with Crippen LogP contribution in [0.5, 0.6) is 0 Å². The number of rotatable bonds is 5. The van der Waals surface area contributed by atoms with Gasteiger partial charge in [0.25, 0.3) is 5.91 Å². The lowest BCUT2D eigenvalue weighted by Gasteiger charge is -2.50. The summed E-state index contributed by atoms with van der Waals surface area (Å²) in [5.74, 6) is -5.60. The van der Waals surface area contributed by atoms with Crippen LogP contribution < -0.4 is 16.8 Å². The lowest BCUT2D eigenvalue weighted by Crippen LogP contribution is -2.71. The number of carboxylic acids is 2. The minimum Gasteiger partial charge on any atom is -0.476 e. The Bertz CT molecular complexity index is 1070. The smallest absolute Gasteiger partial charge is 0.476 e. The van der Waals surface area contributed by atoms with Crippen molar-refractivity contribution in [3.63, 3.8) is 0 Å². The van der Waals surface area contributed by atoms with Gasteiger partial charge in [-0.25, -0.2) is 14.4 Å². The number of fused-ring (bicyclic) bond motifs is 1. The first-order valence-electron chi connectivity index (χ1n) is 9.51. The zero-order chi connectivity index (χ0) is 26.7. The van der Waals surface area contributed by atoms with E-state index in [0.717, 1.165) is 16.7 Å². The molecule has 4 atom stereocenters. The maximum Gasteiger partial charge on any atom is 0.490 e. The number of alkyl halides is 3. The van der Waals surface area contributed by atoms with E-state index in [9.17, 15) is 37.5 Å². The van der Waals surface area contributed by atoms with Gasteiger partial charge in [-0.15, -0.1) is 11.8 Å². The highest BCUT2D eigenvalue weighted by Gasteiger charge is 2.56. The zero-order valence-corrected chi connectivity index (χ0v) is 18.5. The van der Waals surface area contributed by atoms with Gasteiger partial charge in [0, 0.05) is 0 Å². The Morgan fingerprint density at radius 1 is 1.17 bits per heavy atom. The molecule has 3 amide bonds. The molecule has 0 bridgehead atoms. The molecule has 35 heavy (non-hydrogen) atoms. The molecule has 1 fully saturated rings. The van der Waals surface area contributed by atoms with Crippen molar-refractivity contribution < 1.29 is 52.1 Å². The van der Waals surface area contributed by atoms with Crippen molar-refractivity contribution in [1.82, 2.24) is 10.2 Å². The molecule has 0 spiro atoms. The van der Waals surface area contributed by atoms with E-state index in [-0.39, 0.29) is 5.76 Å². The number of nitrogens with two attached hydrogens (primary N) is 2. The quantitative estimate of drug-likeness (QED) is 0.340. The molecule has 0 aromatic heterocycles. The second kappa shape index (κ2) is 10.6. The first-order chi connectivity index (χ1) is 16.2. The van der Waals surface area contributed by atoms with Gasteiger partial charge < -0.3 is 31.7 Å². The Kier molecular flexibility index (Phi) is 8.35. The average Bonchev–Trinajstić information content (AvgIpc) is 2.77. The van der Waals surface area contributed by atoms with E-state index in [1.165, 1.54) is 0 Å². The van der Waals surface area contributed by atoms with E-state index in [0.29, 0.717) is 5.56 Å². The lowest BCUT2D eigenvalue weighted by atomic mass is 10.0. The summed E-state index contributed by atoms with van der Waals surface area (Å²) in [7, 11) is 0. The molecular formula is C19H19F3N4O8S. The number of ether oxygens (including phenoxy) is 1. The number of amides is 3. The largest absolute Gasteiger partial charge is 0.490 e. The van der Waals surface area contributed by atoms with E-state index < -0.39 is 64.4 Å². The van der Waals surface area contributed by atoms with Crippen LogP contribution in [0.1, 0.15) is 18.5 Å². The van der Waals surface area contributed by atoms with Crippen molar-refractivity contribution in [2.24, 2.45) is 11.5 Å². The van der Waals surface area contributed by atoms with E-state index in [1.807, 2.05) is 0 Å². The first-order valence-corrected chi connectivity index (χ1v) is 10.4. The van der Waals surface area contributed by atoms with E-state index in [4.69, 9.17) is 26.1 Å². The van der Waals surface area contributed by atoms with Gasteiger partial charge in [-0.05, 0) is 12.5 Å². The molecule has 7 N–H and O–H groups in total. The first kappa shape index (κ1) is 27.5. The monoisotopic (exact) mass is 520 g/mol. The third kappa shape index (κ3) is 6.21. The Labute approximate surface area is 199 Å². The van der Waals surface area contributed by atoms with Gasteiger partial charge in [0.05, 0.1) is 5.25 Å². The van der Waals surface area contributed by atoms with Gasteiger partial charge >= 0.3 is 24.2 Å². The molecule has 16 heteroatoms. The highest BCUT2D eigenvalue weighted by molar-refractivity contribution is 8.00. The van der Waals surface area contributed by atoms with Crippen molar-refractivity contribution in [1.29, 1.82) is 0 Å². The van der Waals surface area contributed by atoms with Crippen LogP contribution in [0.25, 0.3) is 0 Å². The maximum atomic E-state index is 12.5. The molecular weight excluding hydrogens is 501 g/mol. The summed E-state index contributed by atoms with van der Waals surface area (Å²) in [6.45, 7) is 1.61. The molecule has 2 aliphatic rings. The van der Waals surface area contributed by atoms with Crippen LogP contribution in [0.3, 0.4) is 0 Å². The van der Waals surface area contributed by atoms with Crippen molar-refractivity contribution >= 4 is 41.6 Å². The van der Waals surface area contributed by atoms with Crippen LogP contribution in [0, 0.1) is 0 Å². The van der Waals surface area contributed by atoms with Crippen molar-refractivity contribution in [2.45, 2.75) is 35.8 Å². The van der Waals surface area contributed by atoms with Gasteiger partial charge in [0.15, 0.2) is 11.5 Å². The van der Waals surface area contributed by atoms with Crippen molar-refractivity contribution in [2.75, 3.05) is 0 Å². The highest BCUT2D eigenvalue weighted by Crippen LogP contribution is 2.44. The van der Waals surface area contributed by atoms with Crippen molar-refractivity contribution in [3.05, 3.63) is 47.4 Å². The van der Waals surface area contributed by atoms with Crippen LogP contribution in [0.2, 0.25) is 0 Å². The van der Waals surface area contributed by atoms with Crippen LogP contribution in [-0.4, -0.2) is 67.8 Å². The Balaban J connectivity index is 0.000000540. The zero-order valence-electron chi connectivity index (χ0n) is 17.7. The summed E-state index contributed by atoms with van der Waals surface area (Å²) in [6, 6.07) is 6.72. The molecule has 190 valence electrons. The number of primary amides is 1. The normalized spacial score (nSPS) is 22.0. The van der Waals surface area contributed by atoms with Gasteiger partial charge in [-0.3, -0.25) is 14.5 Å². The summed E-state index contributed by atoms with van der Waals surface area (Å²) in [6.07, 6.45) is -6.26. The number of benzene rings is 1. The van der Waals surface area contributed by atoms with Gasteiger partial charge in [-0.2, -0.15) is 13.2 Å². The van der Waals surface area contributed by atoms with Crippen LogP contribution in [-0.2, 0) is 23.9 Å². The Hall–Kier alpha value is -3.79. The van der Waals surface area contributed by atoms with E-state index >= 15 is 0 Å². The topological polar surface area (TPSA) is 202 Å². The molecule has 12 nitrogen and oxygen atoms in total. The molecule has 0 aliphatic carbocycles. The standard InChI is InChI=1S/C17H18N4O6S.C2HF3O2/c1-7-12(27-17(19)26)11(16(24)25)21-14(23)10(15(21)28-7)20-13(22)9(18)8-5-3-2-4-6-8;3-2(4,5)1(6)7/h2-7,9-10,15H,18H2,1H3,(H2,19,26)(H,20,22)(H,24,25);(H,6,7)/t7?,9-,10?,15-;/m1./s1. The Morgan fingerprint density at radius 3 is 2.17 bits per heavy atom. The Morgan fingerprint density at radius 2 is 1.71 bits per heavy atom. The number of carboxylic acid groups (broad SMARTS) is 2. The van der Waals surface area contributed by atoms with Crippen LogP contribution in [0.4, 0.5) is 18.0 Å². The molecule has 3 rings (SSSR count). The molecule has 0 saturated carbocycles. The van der Waals surface area contributed by atoms with Crippen LogP contribution >= 0.6 is 11.8 Å². The number of hydrogen-bond donors (Lipinski definition) is 5. The summed E-state index contributed by atoms with van der Waals surface area (Å²) in [5.41, 5.74) is 11.1. The fourth-order valence-corrected chi connectivity index (χ4v) is 4.43. The number of hydrogen-bond acceptors (Lipinski definition) is 8. The maximum absolute atomic E-state index is 12.5. The number of aliphatic carboxylic acids is 2. The third-order valence-corrected chi connectivity index (χ3v) is 6.01. The molecule has 1 aromatic rings. The van der Waals surface area contributed by atoms with Crippen LogP contribution in [0.15, 0.2) is 41.8 Å². The number of carbonyl (C=O) groups excluding carboxylic acids is 3. The molecule has 2 heterocycles. The second-order valence-corrected chi connectivity index (χ2v) is 8.46. The molecule has 2 unspecified atom stereocenters. The summed E-state index contributed by atoms with van der Waals surface area (Å²) < 4.78 is 36.5. The summed E-state index contributed by atoms with van der Waals surface area (Å²) in [4.78, 5) is 57.6. The van der Waals surface area contributed by atoms with Gasteiger partial charge in [0.2, 0.25) is 5.91 Å². The number of β-lactam (4-membered cyclic amide) rings is 1. The predicted molar refractivity (Wildman–Crippen MR) is 112 cm³/mol. The summed E-state index contributed by atoms with van der Waals surface area (Å²) >= 11 is 1.16. The lowest BCUT2D eigenvalue weighted by molar-refractivity contribution is -0.192. The minimum absolute atomic E-state index is 0.208. The van der Waals surface area contributed by atoms with Gasteiger partial charge in [0.1, 0.15) is 17.5 Å². The molecule has 1 saturated heterocycles. The SMILES string of the molecule is CC1S[C@@H]2C(NC(=O)[C@H](N)c3ccccc3)C(=O)N2C(C(=O)O)=C1OC(N)=O.O=C(O)C(F)(F)F. The number of thioether (sulfide) groups is 1. The van der Waals surface area contributed by atoms with Crippen molar-refractivity contribution in [3.8, 4) is 0 Å². The summed E-state index contributed by atoms with van der Waals surface area (Å²) in [5, 5.41) is 17.9. The highest BCUT2D eigenvalue weighted by atomic mass is 32.2. The number of nitrogens with one attached hydrogen (secondary N) is 1. The number of carbonyl (C=O) groups is 5. The molecule has 1 aromatic carbocycles. The average molecular weight is 520 g/mol. The fraction of sp³-hybridized carbons (Fsp3) is 0.316. The fourth-order valence-electron chi connectivity index (χ4n) is 3.06. The number of halogens is 3. The second-order valence-electron chi connectivity index (χ2n) is 6.99. The van der Waals surface area contributed by atoms with E-state index in [2.05, 4.69) is 5.32 Å². The van der Waals surface area contributed by atoms with Gasteiger partial charge in [-0.1, -0.05) is 30.3 Å². The van der Waals surface area contributed by atoms with E-state index in [1.54, 1.807) is 37.3 Å².